The Morgan fingerprint density at radius 1 is 1.09 bits per heavy atom. The summed E-state index contributed by atoms with van der Waals surface area (Å²) in [7, 11) is 0. The maximum atomic E-state index is 11.8. The Kier molecular flexibility index (Phi) is 4.39. The predicted octanol–water partition coefficient (Wildman–Crippen LogP) is 4.25. The molecule has 0 spiro atoms. The van der Waals surface area contributed by atoms with Gasteiger partial charge in [0.1, 0.15) is 5.75 Å². The summed E-state index contributed by atoms with van der Waals surface area (Å²) in [6.45, 7) is 2.07. The Morgan fingerprint density at radius 3 is 2.65 bits per heavy atom. The highest BCUT2D eigenvalue weighted by Gasteiger charge is 2.11. The van der Waals surface area contributed by atoms with Gasteiger partial charge in [-0.2, -0.15) is 0 Å². The van der Waals surface area contributed by atoms with E-state index in [0.29, 0.717) is 29.0 Å². The second-order valence-electron chi connectivity index (χ2n) is 4.69. The fourth-order valence-electron chi connectivity index (χ4n) is 2.13. The zero-order valence-electron chi connectivity index (χ0n) is 12.3. The lowest BCUT2D eigenvalue weighted by Crippen LogP contribution is -2.04. The SMILES string of the molecule is CCOC(=O)c1cccc(Oc2nnc(Cl)c3ccccc23)c1. The van der Waals surface area contributed by atoms with Crippen LogP contribution < -0.4 is 4.74 Å². The highest BCUT2D eigenvalue weighted by atomic mass is 35.5. The van der Waals surface area contributed by atoms with Gasteiger partial charge in [-0.15, -0.1) is 10.2 Å². The quantitative estimate of drug-likeness (QED) is 0.670. The summed E-state index contributed by atoms with van der Waals surface area (Å²) in [5, 5.41) is 9.69. The first-order valence-electron chi connectivity index (χ1n) is 7.05. The highest BCUT2D eigenvalue weighted by molar-refractivity contribution is 6.34. The molecule has 23 heavy (non-hydrogen) atoms. The number of rotatable bonds is 4. The Balaban J connectivity index is 1.95. The Hall–Kier alpha value is -2.66. The average Bonchev–Trinajstić information content (AvgIpc) is 2.58. The number of halogens is 1. The second kappa shape index (κ2) is 6.62. The summed E-state index contributed by atoms with van der Waals surface area (Å²) < 4.78 is 10.8. The van der Waals surface area contributed by atoms with Gasteiger partial charge in [-0.1, -0.05) is 35.9 Å². The molecule has 0 radical (unpaired) electrons. The Morgan fingerprint density at radius 2 is 1.87 bits per heavy atom. The van der Waals surface area contributed by atoms with Crippen LogP contribution in [0.1, 0.15) is 17.3 Å². The smallest absolute Gasteiger partial charge is 0.338 e. The van der Waals surface area contributed by atoms with Crippen molar-refractivity contribution in [3.8, 4) is 11.6 Å². The molecule has 116 valence electrons. The lowest BCUT2D eigenvalue weighted by Gasteiger charge is -2.09. The van der Waals surface area contributed by atoms with Crippen LogP contribution in [-0.4, -0.2) is 22.8 Å². The van der Waals surface area contributed by atoms with Crippen molar-refractivity contribution < 1.29 is 14.3 Å². The van der Waals surface area contributed by atoms with Gasteiger partial charge in [0.2, 0.25) is 5.88 Å². The molecular weight excluding hydrogens is 316 g/mol. The first kappa shape index (κ1) is 15.2. The van der Waals surface area contributed by atoms with Crippen LogP contribution >= 0.6 is 11.6 Å². The van der Waals surface area contributed by atoms with Gasteiger partial charge in [-0.05, 0) is 31.2 Å². The van der Waals surface area contributed by atoms with Gasteiger partial charge in [0.05, 0.1) is 12.2 Å². The van der Waals surface area contributed by atoms with E-state index < -0.39 is 5.97 Å². The van der Waals surface area contributed by atoms with Crippen LogP contribution in [0.25, 0.3) is 10.8 Å². The van der Waals surface area contributed by atoms with Crippen molar-refractivity contribution in [3.05, 3.63) is 59.2 Å². The summed E-state index contributed by atoms with van der Waals surface area (Å²) in [6, 6.07) is 14.1. The monoisotopic (exact) mass is 328 g/mol. The molecule has 1 aromatic heterocycles. The molecule has 0 saturated heterocycles. The van der Waals surface area contributed by atoms with Crippen LogP contribution in [0.15, 0.2) is 48.5 Å². The number of carbonyl (C=O) groups is 1. The van der Waals surface area contributed by atoms with Crippen molar-refractivity contribution in [2.45, 2.75) is 6.92 Å². The molecule has 0 N–H and O–H groups in total. The standard InChI is InChI=1S/C17H13ClN2O3/c1-2-22-17(21)11-6-5-7-12(10-11)23-16-14-9-4-3-8-13(14)15(18)19-20-16/h3-10H,2H2,1H3. The van der Waals surface area contributed by atoms with Gasteiger partial charge in [0.25, 0.3) is 0 Å². The zero-order valence-corrected chi connectivity index (χ0v) is 13.1. The van der Waals surface area contributed by atoms with E-state index in [2.05, 4.69) is 10.2 Å². The van der Waals surface area contributed by atoms with Crippen LogP contribution in [0.5, 0.6) is 11.6 Å². The second-order valence-corrected chi connectivity index (χ2v) is 5.05. The molecule has 2 aromatic carbocycles. The summed E-state index contributed by atoms with van der Waals surface area (Å²) in [5.41, 5.74) is 0.413. The van der Waals surface area contributed by atoms with Gasteiger partial charge in [-0.3, -0.25) is 0 Å². The van der Waals surface area contributed by atoms with E-state index in [-0.39, 0.29) is 0 Å². The average molecular weight is 329 g/mol. The zero-order chi connectivity index (χ0) is 16.2. The summed E-state index contributed by atoms with van der Waals surface area (Å²) >= 11 is 6.04. The Labute approximate surface area is 137 Å². The topological polar surface area (TPSA) is 61.3 Å². The summed E-state index contributed by atoms with van der Waals surface area (Å²) in [5.74, 6) is 0.397. The number of esters is 1. The molecule has 3 rings (SSSR count). The minimum absolute atomic E-state index is 0.313. The fraction of sp³-hybridized carbons (Fsp3) is 0.118. The fourth-order valence-corrected chi connectivity index (χ4v) is 2.34. The van der Waals surface area contributed by atoms with Crippen LogP contribution in [0.2, 0.25) is 5.15 Å². The lowest BCUT2D eigenvalue weighted by atomic mass is 10.2. The first-order chi connectivity index (χ1) is 11.2. The van der Waals surface area contributed by atoms with Crippen molar-refractivity contribution in [2.75, 3.05) is 6.61 Å². The molecule has 0 fully saturated rings. The third-order valence-electron chi connectivity index (χ3n) is 3.17. The van der Waals surface area contributed by atoms with E-state index in [1.807, 2.05) is 24.3 Å². The predicted molar refractivity (Wildman–Crippen MR) is 87.0 cm³/mol. The minimum Gasteiger partial charge on any atom is -0.462 e. The molecule has 1 heterocycles. The maximum Gasteiger partial charge on any atom is 0.338 e. The number of fused-ring (bicyclic) bond motifs is 1. The third-order valence-corrected chi connectivity index (χ3v) is 3.45. The van der Waals surface area contributed by atoms with E-state index >= 15 is 0 Å². The molecule has 6 heteroatoms. The highest BCUT2D eigenvalue weighted by Crippen LogP contribution is 2.30. The largest absolute Gasteiger partial charge is 0.462 e. The molecule has 0 saturated carbocycles. The van der Waals surface area contributed by atoms with Crippen molar-refractivity contribution in [3.63, 3.8) is 0 Å². The van der Waals surface area contributed by atoms with Gasteiger partial charge in [-0.25, -0.2) is 4.79 Å². The van der Waals surface area contributed by atoms with Gasteiger partial charge < -0.3 is 9.47 Å². The van der Waals surface area contributed by atoms with E-state index in [4.69, 9.17) is 21.1 Å². The van der Waals surface area contributed by atoms with Crippen molar-refractivity contribution in [1.29, 1.82) is 0 Å². The van der Waals surface area contributed by atoms with E-state index in [0.717, 1.165) is 10.8 Å². The molecule has 0 amide bonds. The van der Waals surface area contributed by atoms with E-state index in [1.54, 1.807) is 31.2 Å². The summed E-state index contributed by atoms with van der Waals surface area (Å²) in [4.78, 5) is 11.8. The third kappa shape index (κ3) is 3.24. The van der Waals surface area contributed by atoms with Gasteiger partial charge in [0, 0.05) is 10.8 Å². The van der Waals surface area contributed by atoms with Crippen LogP contribution in [0.4, 0.5) is 0 Å². The van der Waals surface area contributed by atoms with Crippen molar-refractivity contribution in [1.82, 2.24) is 10.2 Å². The van der Waals surface area contributed by atoms with Gasteiger partial charge >= 0.3 is 5.97 Å². The number of ether oxygens (including phenoxy) is 2. The summed E-state index contributed by atoms with van der Waals surface area (Å²) in [6.07, 6.45) is 0. The number of benzene rings is 2. The van der Waals surface area contributed by atoms with E-state index in [1.165, 1.54) is 0 Å². The number of aromatic nitrogens is 2. The van der Waals surface area contributed by atoms with Crippen LogP contribution in [0, 0.1) is 0 Å². The molecule has 0 aliphatic rings. The first-order valence-corrected chi connectivity index (χ1v) is 7.43. The molecule has 0 unspecified atom stereocenters. The molecule has 3 aromatic rings. The molecule has 0 aliphatic heterocycles. The molecule has 0 atom stereocenters. The van der Waals surface area contributed by atoms with Crippen molar-refractivity contribution >= 4 is 28.3 Å². The Bertz CT molecular complexity index is 867. The number of nitrogens with zero attached hydrogens (tertiary/aromatic N) is 2. The molecule has 0 aliphatic carbocycles. The molecule has 5 nitrogen and oxygen atoms in total. The van der Waals surface area contributed by atoms with Gasteiger partial charge in [0.15, 0.2) is 5.15 Å². The molecular formula is C17H13ClN2O3. The van der Waals surface area contributed by atoms with Crippen LogP contribution in [0.3, 0.4) is 0 Å². The van der Waals surface area contributed by atoms with Crippen LogP contribution in [-0.2, 0) is 4.74 Å². The number of hydrogen-bond donors (Lipinski definition) is 0. The normalized spacial score (nSPS) is 10.5. The van der Waals surface area contributed by atoms with E-state index in [9.17, 15) is 4.79 Å². The maximum absolute atomic E-state index is 11.8. The minimum atomic E-state index is -0.398. The number of hydrogen-bond acceptors (Lipinski definition) is 5. The lowest BCUT2D eigenvalue weighted by molar-refractivity contribution is 0.0526. The van der Waals surface area contributed by atoms with Crippen molar-refractivity contribution in [2.24, 2.45) is 0 Å². The molecule has 0 bridgehead atoms. The number of carbonyl (C=O) groups excluding carboxylic acids is 1.